The molecule has 0 N–H and O–H groups in total. The molecule has 0 unspecified atom stereocenters. The molecule has 0 amide bonds. The van der Waals surface area contributed by atoms with Gasteiger partial charge >= 0.3 is 22.4 Å². The maximum atomic E-state index is 11.8. The first-order chi connectivity index (χ1) is 6.69. The molecule has 0 aromatic rings. The van der Waals surface area contributed by atoms with E-state index in [1.165, 1.54) is 0 Å². The molecule has 2 saturated carbocycles. The zero-order valence-corrected chi connectivity index (χ0v) is 11.5. The second kappa shape index (κ2) is 3.92. The second-order valence-electron chi connectivity index (χ2n) is 5.37. The van der Waals surface area contributed by atoms with Gasteiger partial charge < -0.3 is 4.55 Å². The Morgan fingerprint density at radius 3 is 2.31 bits per heavy atom. The first-order valence-electron chi connectivity index (χ1n) is 5.16. The molecule has 2 bridgehead atoms. The van der Waals surface area contributed by atoms with Crippen molar-refractivity contribution >= 4 is 15.9 Å². The Labute approximate surface area is 111 Å². The van der Waals surface area contributed by atoms with Crippen LogP contribution in [0.3, 0.4) is 0 Å². The van der Waals surface area contributed by atoms with Crippen molar-refractivity contribution in [2.75, 3.05) is 5.75 Å². The summed E-state index contributed by atoms with van der Waals surface area (Å²) < 4.78 is 32.7. The Morgan fingerprint density at radius 1 is 1.44 bits per heavy atom. The van der Waals surface area contributed by atoms with E-state index in [-0.39, 0.29) is 39.5 Å². The van der Waals surface area contributed by atoms with Crippen LogP contribution in [0.1, 0.15) is 33.1 Å². The standard InChI is InChI=1S/C10H16O4S.Ag/c1-9(2)7-3-4-10(9,8(11)5-7)6-15(12,13)14;/h7H,3-6H2,1-2H3,(H,12,13,14);/q;+1/p-1/t7-,10-;/m1./s1. The van der Waals surface area contributed by atoms with Gasteiger partial charge in [0.05, 0.1) is 15.9 Å². The van der Waals surface area contributed by atoms with Crippen molar-refractivity contribution in [1.29, 1.82) is 0 Å². The monoisotopic (exact) mass is 338 g/mol. The van der Waals surface area contributed by atoms with E-state index in [2.05, 4.69) is 0 Å². The summed E-state index contributed by atoms with van der Waals surface area (Å²) in [7, 11) is -4.33. The smallest absolute Gasteiger partial charge is 0.748 e. The summed E-state index contributed by atoms with van der Waals surface area (Å²) in [6, 6.07) is 0. The molecular weight excluding hydrogens is 324 g/mol. The second-order valence-corrected chi connectivity index (χ2v) is 6.77. The first-order valence-corrected chi connectivity index (χ1v) is 6.74. The SMILES string of the molecule is CC1(C)[C@@H]2CC[C@@]1(CS(=O)(=O)[O-])C(=O)C2.[Ag+]. The minimum absolute atomic E-state index is 0. The summed E-state index contributed by atoms with van der Waals surface area (Å²) in [5.41, 5.74) is -1.22. The maximum absolute atomic E-state index is 11.8. The van der Waals surface area contributed by atoms with E-state index in [0.29, 0.717) is 12.8 Å². The predicted molar refractivity (Wildman–Crippen MR) is 53.1 cm³/mol. The van der Waals surface area contributed by atoms with E-state index in [4.69, 9.17) is 0 Å². The molecule has 16 heavy (non-hydrogen) atoms. The fourth-order valence-corrected chi connectivity index (χ4v) is 4.69. The number of hydrogen-bond acceptors (Lipinski definition) is 4. The van der Waals surface area contributed by atoms with Crippen LogP contribution in [0.4, 0.5) is 0 Å². The van der Waals surface area contributed by atoms with Crippen molar-refractivity contribution in [3.8, 4) is 0 Å². The first kappa shape index (κ1) is 14.4. The van der Waals surface area contributed by atoms with Gasteiger partial charge in [0, 0.05) is 11.8 Å². The van der Waals surface area contributed by atoms with E-state index in [1.54, 1.807) is 0 Å². The largest absolute Gasteiger partial charge is 1.00 e. The van der Waals surface area contributed by atoms with E-state index < -0.39 is 21.3 Å². The summed E-state index contributed by atoms with van der Waals surface area (Å²) in [5.74, 6) is -0.280. The molecule has 0 aromatic heterocycles. The molecule has 4 nitrogen and oxygen atoms in total. The van der Waals surface area contributed by atoms with E-state index in [1.807, 2.05) is 13.8 Å². The average Bonchev–Trinajstić information content (AvgIpc) is 2.34. The molecule has 0 spiro atoms. The van der Waals surface area contributed by atoms with E-state index >= 15 is 0 Å². The van der Waals surface area contributed by atoms with Gasteiger partial charge in [-0.1, -0.05) is 13.8 Å². The molecule has 0 aliphatic heterocycles. The summed E-state index contributed by atoms with van der Waals surface area (Å²) in [6.07, 6.45) is 1.88. The average molecular weight is 339 g/mol. The quantitative estimate of drug-likeness (QED) is 0.554. The number of carbonyl (C=O) groups excluding carboxylic acids is 1. The fourth-order valence-electron chi connectivity index (χ4n) is 3.41. The Hall–Kier alpha value is 0.320. The number of carbonyl (C=O) groups is 1. The zero-order valence-electron chi connectivity index (χ0n) is 9.25. The molecule has 96 valence electrons. The molecule has 0 saturated heterocycles. The van der Waals surface area contributed by atoms with Gasteiger partial charge in [0.25, 0.3) is 0 Å². The summed E-state index contributed by atoms with van der Waals surface area (Å²) in [5, 5.41) is 0. The molecular formula is C10H15AgO4S. The Morgan fingerprint density at radius 2 is 2.00 bits per heavy atom. The molecule has 2 aliphatic rings. The third kappa shape index (κ3) is 1.82. The number of Topliss-reactive ketones (excluding diaryl/α,β-unsaturated/α-hetero) is 1. The Bertz CT molecular complexity index is 415. The number of hydrogen-bond donors (Lipinski definition) is 0. The number of fused-ring (bicyclic) bond motifs is 2. The van der Waals surface area contributed by atoms with Gasteiger partial charge in [-0.15, -0.1) is 0 Å². The van der Waals surface area contributed by atoms with Gasteiger partial charge in [-0.2, -0.15) is 0 Å². The van der Waals surface area contributed by atoms with Crippen LogP contribution in [-0.2, 0) is 37.3 Å². The van der Waals surface area contributed by atoms with Crippen molar-refractivity contribution in [1.82, 2.24) is 0 Å². The van der Waals surface area contributed by atoms with Gasteiger partial charge in [-0.05, 0) is 24.2 Å². The minimum Gasteiger partial charge on any atom is -0.748 e. The summed E-state index contributed by atoms with van der Waals surface area (Å²) in [6.45, 7) is 3.83. The van der Waals surface area contributed by atoms with Crippen LogP contribution in [0.25, 0.3) is 0 Å². The predicted octanol–water partition coefficient (Wildman–Crippen LogP) is 0.924. The molecule has 0 radical (unpaired) electrons. The maximum Gasteiger partial charge on any atom is 1.00 e. The summed E-state index contributed by atoms with van der Waals surface area (Å²) in [4.78, 5) is 11.8. The van der Waals surface area contributed by atoms with Gasteiger partial charge in [0.1, 0.15) is 5.78 Å². The molecule has 2 fully saturated rings. The van der Waals surface area contributed by atoms with Crippen molar-refractivity contribution in [2.24, 2.45) is 16.7 Å². The van der Waals surface area contributed by atoms with Crippen molar-refractivity contribution in [3.05, 3.63) is 0 Å². The van der Waals surface area contributed by atoms with Crippen LogP contribution >= 0.6 is 0 Å². The third-order valence-corrected chi connectivity index (χ3v) is 5.41. The molecule has 2 rings (SSSR count). The molecule has 2 atom stereocenters. The summed E-state index contributed by atoms with van der Waals surface area (Å²) >= 11 is 0. The molecule has 0 aromatic carbocycles. The van der Waals surface area contributed by atoms with Gasteiger partial charge in [0.15, 0.2) is 0 Å². The normalized spacial score (nSPS) is 36.2. The molecule has 6 heteroatoms. The van der Waals surface area contributed by atoms with Crippen LogP contribution in [0, 0.1) is 16.7 Å². The minimum atomic E-state index is -4.33. The van der Waals surface area contributed by atoms with Gasteiger partial charge in [-0.25, -0.2) is 8.42 Å². The number of rotatable bonds is 2. The molecule has 2 aliphatic carbocycles. The van der Waals surface area contributed by atoms with Crippen LogP contribution in [0.2, 0.25) is 0 Å². The van der Waals surface area contributed by atoms with Crippen LogP contribution in [0.5, 0.6) is 0 Å². The fraction of sp³-hybridized carbons (Fsp3) is 0.900. The van der Waals surface area contributed by atoms with Crippen molar-refractivity contribution in [3.63, 3.8) is 0 Å². The van der Waals surface area contributed by atoms with E-state index in [9.17, 15) is 17.8 Å². The topological polar surface area (TPSA) is 74.3 Å². The Kier molecular flexibility index (Phi) is 3.52. The van der Waals surface area contributed by atoms with E-state index in [0.717, 1.165) is 6.42 Å². The van der Waals surface area contributed by atoms with Gasteiger partial charge in [-0.3, -0.25) is 4.79 Å². The van der Waals surface area contributed by atoms with Crippen LogP contribution in [-0.4, -0.2) is 24.5 Å². The third-order valence-electron chi connectivity index (χ3n) is 4.56. The van der Waals surface area contributed by atoms with Crippen LogP contribution < -0.4 is 0 Å². The Balaban J connectivity index is 0.00000128. The zero-order chi connectivity index (χ0) is 11.5. The van der Waals surface area contributed by atoms with Crippen molar-refractivity contribution in [2.45, 2.75) is 33.1 Å². The molecule has 0 heterocycles. The van der Waals surface area contributed by atoms with Crippen LogP contribution in [0.15, 0.2) is 0 Å². The van der Waals surface area contributed by atoms with Gasteiger partial charge in [0.2, 0.25) is 0 Å². The van der Waals surface area contributed by atoms with Crippen molar-refractivity contribution < 1.29 is 40.1 Å². The number of ketones is 1.